The monoisotopic (exact) mass is 342 g/mol. The van der Waals surface area contributed by atoms with Gasteiger partial charge in [0.1, 0.15) is 6.10 Å². The van der Waals surface area contributed by atoms with E-state index in [-0.39, 0.29) is 12.0 Å². The van der Waals surface area contributed by atoms with Crippen LogP contribution in [0.4, 0.5) is 0 Å². The fourth-order valence-corrected chi connectivity index (χ4v) is 3.09. The molecule has 1 N–H and O–H groups in total. The predicted molar refractivity (Wildman–Crippen MR) is 77.4 cm³/mol. The number of carbonyl (C=O) groups is 1. The maximum absolute atomic E-state index is 12.3. The molecule has 1 atom stereocenters. The van der Waals surface area contributed by atoms with Gasteiger partial charge in [0, 0.05) is 32.4 Å². The molecule has 110 valence electrons. The summed E-state index contributed by atoms with van der Waals surface area (Å²) in [4.78, 5) is 14.3. The smallest absolute Gasteiger partial charge is 0.253 e. The van der Waals surface area contributed by atoms with Crippen LogP contribution < -0.4 is 5.32 Å². The lowest BCUT2D eigenvalue weighted by Crippen LogP contribution is -2.51. The first-order valence-electron chi connectivity index (χ1n) is 7.05. The minimum Gasteiger partial charge on any atom is -0.366 e. The molecule has 0 saturated carbocycles. The van der Waals surface area contributed by atoms with Gasteiger partial charge in [-0.15, -0.1) is 0 Å². The molecule has 0 aromatic carbocycles. The Hall–Kier alpha value is -0.920. The molecule has 1 aromatic heterocycles. The SMILES string of the molecule is O=C(C1CNCCO1)N1CCC(n2cc(Br)cn2)CC1. The summed E-state index contributed by atoms with van der Waals surface area (Å²) in [7, 11) is 0. The van der Waals surface area contributed by atoms with Crippen molar-refractivity contribution in [3.8, 4) is 0 Å². The molecule has 0 bridgehead atoms. The number of carbonyl (C=O) groups excluding carboxylic acids is 1. The number of ether oxygens (including phenoxy) is 1. The number of amides is 1. The highest BCUT2D eigenvalue weighted by Crippen LogP contribution is 2.23. The molecule has 0 radical (unpaired) electrons. The van der Waals surface area contributed by atoms with E-state index in [1.165, 1.54) is 0 Å². The summed E-state index contributed by atoms with van der Waals surface area (Å²) in [6.07, 6.45) is 5.38. The van der Waals surface area contributed by atoms with Crippen molar-refractivity contribution >= 4 is 21.8 Å². The molecule has 2 aliphatic rings. The van der Waals surface area contributed by atoms with Crippen LogP contribution >= 0.6 is 15.9 Å². The zero-order chi connectivity index (χ0) is 13.9. The average molecular weight is 343 g/mol. The summed E-state index contributed by atoms with van der Waals surface area (Å²) in [5.74, 6) is 0.122. The quantitative estimate of drug-likeness (QED) is 0.863. The van der Waals surface area contributed by atoms with Crippen LogP contribution in [-0.4, -0.2) is 59.5 Å². The van der Waals surface area contributed by atoms with E-state index in [2.05, 4.69) is 26.3 Å². The highest BCUT2D eigenvalue weighted by molar-refractivity contribution is 9.10. The van der Waals surface area contributed by atoms with Crippen molar-refractivity contribution in [1.82, 2.24) is 20.0 Å². The summed E-state index contributed by atoms with van der Waals surface area (Å²) in [6, 6.07) is 0.385. The zero-order valence-corrected chi connectivity index (χ0v) is 12.9. The van der Waals surface area contributed by atoms with Crippen LogP contribution in [-0.2, 0) is 9.53 Å². The minimum atomic E-state index is -0.306. The number of rotatable bonds is 2. The highest BCUT2D eigenvalue weighted by atomic mass is 79.9. The molecular formula is C13H19BrN4O2. The molecule has 1 unspecified atom stereocenters. The molecule has 0 spiro atoms. The van der Waals surface area contributed by atoms with Gasteiger partial charge in [-0.2, -0.15) is 5.10 Å². The molecule has 7 heteroatoms. The highest BCUT2D eigenvalue weighted by Gasteiger charge is 2.30. The first-order chi connectivity index (χ1) is 9.74. The Bertz CT molecular complexity index is 465. The number of hydrogen-bond donors (Lipinski definition) is 1. The third-order valence-corrected chi connectivity index (χ3v) is 4.33. The number of hydrogen-bond acceptors (Lipinski definition) is 4. The maximum Gasteiger partial charge on any atom is 0.253 e. The average Bonchev–Trinajstić information content (AvgIpc) is 2.94. The second-order valence-corrected chi connectivity index (χ2v) is 6.17. The number of morpholine rings is 1. The van der Waals surface area contributed by atoms with Gasteiger partial charge >= 0.3 is 0 Å². The van der Waals surface area contributed by atoms with Crippen LogP contribution in [0.5, 0.6) is 0 Å². The number of nitrogens with zero attached hydrogens (tertiary/aromatic N) is 3. The first-order valence-corrected chi connectivity index (χ1v) is 7.84. The van der Waals surface area contributed by atoms with Crippen molar-refractivity contribution in [2.75, 3.05) is 32.8 Å². The van der Waals surface area contributed by atoms with Gasteiger partial charge in [0.25, 0.3) is 5.91 Å². The number of halogens is 1. The Kier molecular flexibility index (Phi) is 4.38. The standard InChI is InChI=1S/C13H19BrN4O2/c14-10-7-16-18(9-10)11-1-4-17(5-2-11)13(19)12-8-15-3-6-20-12/h7,9,11-12,15H,1-6,8H2. The van der Waals surface area contributed by atoms with E-state index >= 15 is 0 Å². The second kappa shape index (κ2) is 6.24. The summed E-state index contributed by atoms with van der Waals surface area (Å²) in [5.41, 5.74) is 0. The zero-order valence-electron chi connectivity index (χ0n) is 11.3. The van der Waals surface area contributed by atoms with Gasteiger partial charge in [-0.1, -0.05) is 0 Å². The Morgan fingerprint density at radius 3 is 2.85 bits per heavy atom. The van der Waals surface area contributed by atoms with Gasteiger partial charge in [-0.3, -0.25) is 9.48 Å². The van der Waals surface area contributed by atoms with E-state index in [4.69, 9.17) is 4.74 Å². The molecule has 6 nitrogen and oxygen atoms in total. The van der Waals surface area contributed by atoms with Gasteiger partial charge < -0.3 is 15.0 Å². The number of nitrogens with one attached hydrogen (secondary N) is 1. The van der Waals surface area contributed by atoms with Gasteiger partial charge in [-0.05, 0) is 28.8 Å². The third kappa shape index (κ3) is 3.05. The fourth-order valence-electron chi connectivity index (χ4n) is 2.79. The number of likely N-dealkylation sites (tertiary alicyclic amines) is 1. The van der Waals surface area contributed by atoms with Gasteiger partial charge in [0.05, 0.1) is 23.3 Å². The van der Waals surface area contributed by atoms with Crippen LogP contribution in [0.15, 0.2) is 16.9 Å². The van der Waals surface area contributed by atoms with E-state index < -0.39 is 0 Å². The fraction of sp³-hybridized carbons (Fsp3) is 0.692. The summed E-state index contributed by atoms with van der Waals surface area (Å²) in [6.45, 7) is 3.64. The van der Waals surface area contributed by atoms with Crippen molar-refractivity contribution in [2.45, 2.75) is 25.0 Å². The van der Waals surface area contributed by atoms with Gasteiger partial charge in [0.15, 0.2) is 0 Å². The normalized spacial score (nSPS) is 24.9. The first kappa shape index (κ1) is 14.0. The minimum absolute atomic E-state index is 0.122. The lowest BCUT2D eigenvalue weighted by Gasteiger charge is -2.35. The lowest BCUT2D eigenvalue weighted by atomic mass is 10.0. The van der Waals surface area contributed by atoms with Crippen molar-refractivity contribution in [1.29, 1.82) is 0 Å². The molecular weight excluding hydrogens is 324 g/mol. The van der Waals surface area contributed by atoms with Crippen LogP contribution in [0.3, 0.4) is 0 Å². The Labute approximate surface area is 126 Å². The van der Waals surface area contributed by atoms with Crippen molar-refractivity contribution in [2.24, 2.45) is 0 Å². The summed E-state index contributed by atoms with van der Waals surface area (Å²) in [5, 5.41) is 7.53. The summed E-state index contributed by atoms with van der Waals surface area (Å²) >= 11 is 3.41. The molecule has 2 saturated heterocycles. The molecule has 3 heterocycles. The molecule has 1 aromatic rings. The van der Waals surface area contributed by atoms with Crippen molar-refractivity contribution in [3.05, 3.63) is 16.9 Å². The van der Waals surface area contributed by atoms with Crippen LogP contribution in [0, 0.1) is 0 Å². The van der Waals surface area contributed by atoms with Gasteiger partial charge in [-0.25, -0.2) is 0 Å². The molecule has 20 heavy (non-hydrogen) atoms. The lowest BCUT2D eigenvalue weighted by molar-refractivity contribution is -0.146. The number of piperidine rings is 1. The van der Waals surface area contributed by atoms with Crippen molar-refractivity contribution < 1.29 is 9.53 Å². The topological polar surface area (TPSA) is 59.4 Å². The van der Waals surface area contributed by atoms with E-state index in [0.29, 0.717) is 19.2 Å². The maximum atomic E-state index is 12.3. The van der Waals surface area contributed by atoms with Crippen LogP contribution in [0.25, 0.3) is 0 Å². The van der Waals surface area contributed by atoms with Crippen molar-refractivity contribution in [3.63, 3.8) is 0 Å². The van der Waals surface area contributed by atoms with Crippen LogP contribution in [0.2, 0.25) is 0 Å². The Balaban J connectivity index is 1.54. The van der Waals surface area contributed by atoms with Crippen LogP contribution in [0.1, 0.15) is 18.9 Å². The molecule has 3 rings (SSSR count). The third-order valence-electron chi connectivity index (χ3n) is 3.92. The molecule has 2 fully saturated rings. The van der Waals surface area contributed by atoms with E-state index in [1.54, 1.807) is 6.20 Å². The Morgan fingerprint density at radius 1 is 1.45 bits per heavy atom. The van der Waals surface area contributed by atoms with E-state index in [1.807, 2.05) is 15.8 Å². The summed E-state index contributed by atoms with van der Waals surface area (Å²) < 4.78 is 8.52. The predicted octanol–water partition coefficient (Wildman–Crippen LogP) is 0.797. The molecule has 0 aliphatic carbocycles. The second-order valence-electron chi connectivity index (χ2n) is 5.26. The van der Waals surface area contributed by atoms with E-state index in [0.717, 1.165) is 36.9 Å². The number of aromatic nitrogens is 2. The van der Waals surface area contributed by atoms with E-state index in [9.17, 15) is 4.79 Å². The largest absolute Gasteiger partial charge is 0.366 e. The molecule has 1 amide bonds. The Morgan fingerprint density at radius 2 is 2.25 bits per heavy atom. The molecule has 2 aliphatic heterocycles. The van der Waals surface area contributed by atoms with Gasteiger partial charge in [0.2, 0.25) is 0 Å².